The van der Waals surface area contributed by atoms with E-state index in [2.05, 4.69) is 20.8 Å². The zero-order valence-corrected chi connectivity index (χ0v) is 11.8. The molecule has 1 heterocycles. The highest BCUT2D eigenvalue weighted by Gasteiger charge is 2.53. The maximum Gasteiger partial charge on any atom is 0.349 e. The van der Waals surface area contributed by atoms with Gasteiger partial charge in [-0.15, -0.1) is 0 Å². The van der Waals surface area contributed by atoms with Crippen molar-refractivity contribution in [2.75, 3.05) is 21.3 Å². The predicted molar refractivity (Wildman–Crippen MR) is 62.1 cm³/mol. The average Bonchev–Trinajstić information content (AvgIpc) is 2.49. The largest absolute Gasteiger partial charge is 0.349 e. The Hall–Kier alpha value is 0.0700. The van der Waals surface area contributed by atoms with Crippen molar-refractivity contribution in [3.63, 3.8) is 0 Å². The first kappa shape index (κ1) is 14.1. The first-order chi connectivity index (χ1) is 7.33. The van der Waals surface area contributed by atoms with Crippen LogP contribution in [0.1, 0.15) is 27.2 Å². The third-order valence-electron chi connectivity index (χ3n) is 3.68. The summed E-state index contributed by atoms with van der Waals surface area (Å²) in [5.74, 6) is 0.0218. The highest BCUT2D eigenvalue weighted by molar-refractivity contribution is 7.54. The van der Waals surface area contributed by atoms with E-state index in [0.29, 0.717) is 5.92 Å². The number of rotatable bonds is 4. The van der Waals surface area contributed by atoms with Gasteiger partial charge in [0, 0.05) is 19.8 Å². The van der Waals surface area contributed by atoms with E-state index < -0.39 is 7.60 Å². The first-order valence-electron chi connectivity index (χ1n) is 5.38. The Kier molecular flexibility index (Phi) is 4.19. The summed E-state index contributed by atoms with van der Waals surface area (Å²) in [6, 6.07) is 0. The molecular weight excluding hydrogens is 229 g/mol. The molecule has 1 rings (SSSR count). The van der Waals surface area contributed by atoms with Crippen molar-refractivity contribution in [1.29, 1.82) is 0 Å². The van der Waals surface area contributed by atoms with Crippen LogP contribution in [0.4, 0.5) is 0 Å². The Morgan fingerprint density at radius 3 is 2.12 bits per heavy atom. The lowest BCUT2D eigenvalue weighted by atomic mass is 9.91. The van der Waals surface area contributed by atoms with Gasteiger partial charge >= 0.3 is 7.60 Å². The minimum absolute atomic E-state index is 0.174. The van der Waals surface area contributed by atoms with Crippen LogP contribution in [-0.4, -0.2) is 37.7 Å². The van der Waals surface area contributed by atoms with Crippen LogP contribution in [0.5, 0.6) is 0 Å². The van der Waals surface area contributed by atoms with E-state index in [9.17, 15) is 4.57 Å². The summed E-state index contributed by atoms with van der Waals surface area (Å²) in [6.45, 7) is 6.25. The van der Waals surface area contributed by atoms with E-state index >= 15 is 0 Å². The van der Waals surface area contributed by atoms with Crippen molar-refractivity contribution in [3.8, 4) is 0 Å². The van der Waals surface area contributed by atoms with Gasteiger partial charge in [0.15, 0.2) is 0 Å². The second kappa shape index (κ2) is 4.75. The second-order valence-corrected chi connectivity index (χ2v) is 7.09. The fourth-order valence-corrected chi connectivity index (χ4v) is 4.09. The van der Waals surface area contributed by atoms with Crippen LogP contribution in [0.25, 0.3) is 0 Å². The third-order valence-corrected chi connectivity index (χ3v) is 5.85. The molecule has 0 bridgehead atoms. The lowest BCUT2D eigenvalue weighted by molar-refractivity contribution is -0.188. The topological polar surface area (TPSA) is 48.0 Å². The summed E-state index contributed by atoms with van der Waals surface area (Å²) in [5, 5.41) is 1.74. The molecule has 5 nitrogen and oxygen atoms in total. The van der Waals surface area contributed by atoms with Crippen LogP contribution in [0.15, 0.2) is 0 Å². The highest BCUT2D eigenvalue weighted by Crippen LogP contribution is 2.60. The van der Waals surface area contributed by atoms with Gasteiger partial charge in [-0.25, -0.2) is 0 Å². The van der Waals surface area contributed by atoms with Crippen LogP contribution in [0, 0.1) is 5.92 Å². The zero-order chi connectivity index (χ0) is 12.6. The van der Waals surface area contributed by atoms with E-state index in [-0.39, 0.29) is 11.3 Å². The molecule has 16 heavy (non-hydrogen) atoms. The van der Waals surface area contributed by atoms with Gasteiger partial charge in [-0.2, -0.15) is 5.06 Å². The molecule has 0 amide bonds. The average molecular weight is 251 g/mol. The molecule has 1 saturated heterocycles. The van der Waals surface area contributed by atoms with E-state index in [4.69, 9.17) is 13.9 Å². The zero-order valence-electron chi connectivity index (χ0n) is 10.9. The van der Waals surface area contributed by atoms with Crippen LogP contribution in [0.3, 0.4) is 0 Å². The molecule has 0 radical (unpaired) electrons. The van der Waals surface area contributed by atoms with Crippen molar-refractivity contribution in [1.82, 2.24) is 5.06 Å². The molecule has 1 aliphatic rings. The Morgan fingerprint density at radius 2 is 1.75 bits per heavy atom. The standard InChI is InChI=1S/C10H22NO4P/c1-8-7-9(16(12,14-5)15-6)11(13-4)10(8,2)3/h8-9H,7H2,1-6H3. The van der Waals surface area contributed by atoms with E-state index in [1.54, 1.807) is 12.2 Å². The van der Waals surface area contributed by atoms with E-state index in [1.165, 1.54) is 14.2 Å². The minimum Gasteiger partial charge on any atom is -0.311 e. The lowest BCUT2D eigenvalue weighted by Crippen LogP contribution is -2.44. The summed E-state index contributed by atoms with van der Waals surface area (Å²) in [6.07, 6.45) is 0.736. The fraction of sp³-hybridized carbons (Fsp3) is 1.00. The number of nitrogens with zero attached hydrogens (tertiary/aromatic N) is 1. The second-order valence-electron chi connectivity index (χ2n) is 4.68. The molecule has 0 aromatic carbocycles. The maximum absolute atomic E-state index is 12.4. The number of hydrogen-bond donors (Lipinski definition) is 0. The summed E-state index contributed by atoms with van der Waals surface area (Å²) in [7, 11) is 1.29. The number of hydrogen-bond acceptors (Lipinski definition) is 5. The van der Waals surface area contributed by atoms with Crippen LogP contribution < -0.4 is 0 Å². The molecule has 2 atom stereocenters. The maximum atomic E-state index is 12.4. The smallest absolute Gasteiger partial charge is 0.311 e. The molecule has 1 fully saturated rings. The fourth-order valence-electron chi connectivity index (χ4n) is 2.23. The molecule has 2 unspecified atom stereocenters. The van der Waals surface area contributed by atoms with Gasteiger partial charge in [0.1, 0.15) is 5.78 Å². The SMILES string of the molecule is CON1C(P(=O)(OC)OC)CC(C)C1(C)C. The van der Waals surface area contributed by atoms with Gasteiger partial charge in [0.05, 0.1) is 7.11 Å². The molecule has 1 aliphatic heterocycles. The molecule has 0 aromatic rings. The van der Waals surface area contributed by atoms with Crippen molar-refractivity contribution in [2.24, 2.45) is 5.92 Å². The Morgan fingerprint density at radius 1 is 1.25 bits per heavy atom. The predicted octanol–water partition coefficient (Wildman–Crippen LogP) is 2.48. The Balaban J connectivity index is 3.04. The van der Waals surface area contributed by atoms with Gasteiger partial charge in [-0.05, 0) is 26.2 Å². The lowest BCUT2D eigenvalue weighted by Gasteiger charge is -2.36. The van der Waals surface area contributed by atoms with Gasteiger partial charge in [-0.3, -0.25) is 4.57 Å². The van der Waals surface area contributed by atoms with E-state index in [1.807, 2.05) is 0 Å². The summed E-state index contributed by atoms with van der Waals surface area (Å²) < 4.78 is 22.5. The Bertz CT molecular complexity index is 287. The van der Waals surface area contributed by atoms with Crippen molar-refractivity contribution >= 4 is 7.60 Å². The molecule has 0 saturated carbocycles. The van der Waals surface area contributed by atoms with Gasteiger partial charge in [0.2, 0.25) is 0 Å². The molecular formula is C10H22NO4P. The van der Waals surface area contributed by atoms with Crippen molar-refractivity contribution in [3.05, 3.63) is 0 Å². The van der Waals surface area contributed by atoms with E-state index in [0.717, 1.165) is 6.42 Å². The monoisotopic (exact) mass is 251 g/mol. The first-order valence-corrected chi connectivity index (χ1v) is 6.99. The van der Waals surface area contributed by atoms with Crippen LogP contribution in [0.2, 0.25) is 0 Å². The highest BCUT2D eigenvalue weighted by atomic mass is 31.2. The molecule has 0 aliphatic carbocycles. The minimum atomic E-state index is -3.12. The van der Waals surface area contributed by atoms with Crippen molar-refractivity contribution < 1.29 is 18.5 Å². The van der Waals surface area contributed by atoms with Crippen LogP contribution in [-0.2, 0) is 18.5 Å². The summed E-state index contributed by atoms with van der Waals surface area (Å²) in [4.78, 5) is 5.36. The molecule has 6 heteroatoms. The molecule has 0 spiro atoms. The molecule has 0 N–H and O–H groups in total. The quantitative estimate of drug-likeness (QED) is 0.718. The summed E-state index contributed by atoms with van der Waals surface area (Å²) >= 11 is 0. The Labute approximate surface area is 97.5 Å². The molecule has 0 aromatic heterocycles. The number of hydroxylamine groups is 2. The molecule has 96 valence electrons. The van der Waals surface area contributed by atoms with Gasteiger partial charge in [-0.1, -0.05) is 6.92 Å². The van der Waals surface area contributed by atoms with Crippen LogP contribution >= 0.6 is 7.60 Å². The van der Waals surface area contributed by atoms with Gasteiger partial charge < -0.3 is 13.9 Å². The normalized spacial score (nSPS) is 30.9. The van der Waals surface area contributed by atoms with Crippen molar-refractivity contribution in [2.45, 2.75) is 38.5 Å². The third kappa shape index (κ3) is 2.07. The van der Waals surface area contributed by atoms with Gasteiger partial charge in [0.25, 0.3) is 0 Å². The summed E-state index contributed by atoms with van der Waals surface area (Å²) in [5.41, 5.74) is -0.174.